The van der Waals surface area contributed by atoms with Crippen LogP contribution in [0.25, 0.3) is 0 Å². The first-order chi connectivity index (χ1) is 7.61. The third-order valence-corrected chi connectivity index (χ3v) is 2.65. The zero-order valence-corrected chi connectivity index (χ0v) is 9.75. The van der Waals surface area contributed by atoms with Gasteiger partial charge in [0.05, 0.1) is 17.9 Å². The van der Waals surface area contributed by atoms with E-state index in [0.717, 1.165) is 12.8 Å². The molecule has 4 heteroatoms. The van der Waals surface area contributed by atoms with Crippen LogP contribution in [0, 0.1) is 5.92 Å². The molecule has 1 rings (SSSR count). The lowest BCUT2D eigenvalue weighted by atomic mass is 9.86. The molecule has 0 saturated carbocycles. The summed E-state index contributed by atoms with van der Waals surface area (Å²) in [6, 6.07) is 0. The number of hydrogen-bond acceptors (Lipinski definition) is 3. The fourth-order valence-corrected chi connectivity index (χ4v) is 1.89. The molecular formula is C12H18FNO2. The number of esters is 1. The number of nitrogens with two attached hydrogens (primary N) is 1. The molecule has 0 aromatic rings. The van der Waals surface area contributed by atoms with Crippen LogP contribution in [0.2, 0.25) is 0 Å². The van der Waals surface area contributed by atoms with Crippen molar-refractivity contribution in [2.75, 3.05) is 6.61 Å². The third kappa shape index (κ3) is 2.62. The van der Waals surface area contributed by atoms with Crippen LogP contribution >= 0.6 is 0 Å². The summed E-state index contributed by atoms with van der Waals surface area (Å²) in [5, 5.41) is 0. The molecule has 0 fully saturated rings. The Labute approximate surface area is 95.1 Å². The van der Waals surface area contributed by atoms with Crippen LogP contribution in [0.3, 0.4) is 0 Å². The Balaban J connectivity index is 2.97. The maximum Gasteiger partial charge on any atom is 0.337 e. The van der Waals surface area contributed by atoms with E-state index in [2.05, 4.69) is 0 Å². The van der Waals surface area contributed by atoms with E-state index in [-0.39, 0.29) is 23.8 Å². The Hall–Kier alpha value is -1.32. The Morgan fingerprint density at radius 3 is 2.88 bits per heavy atom. The summed E-state index contributed by atoms with van der Waals surface area (Å²) in [5.74, 6) is -1.28. The SMILES string of the molecule is CCCC1CC=C(N)C(F)=C1C(=O)OCC. The highest BCUT2D eigenvalue weighted by molar-refractivity contribution is 5.90. The van der Waals surface area contributed by atoms with Gasteiger partial charge >= 0.3 is 5.97 Å². The molecule has 16 heavy (non-hydrogen) atoms. The van der Waals surface area contributed by atoms with Gasteiger partial charge in [-0.2, -0.15) is 0 Å². The third-order valence-electron chi connectivity index (χ3n) is 2.65. The molecule has 1 aliphatic rings. The van der Waals surface area contributed by atoms with Crippen molar-refractivity contribution in [2.45, 2.75) is 33.1 Å². The van der Waals surface area contributed by atoms with Crippen LogP contribution in [0.4, 0.5) is 4.39 Å². The van der Waals surface area contributed by atoms with Gasteiger partial charge in [0.1, 0.15) is 0 Å². The minimum absolute atomic E-state index is 0.0513. The Morgan fingerprint density at radius 2 is 2.31 bits per heavy atom. The van der Waals surface area contributed by atoms with Crippen LogP contribution in [0.5, 0.6) is 0 Å². The summed E-state index contributed by atoms with van der Waals surface area (Å²) in [6.07, 6.45) is 3.92. The Morgan fingerprint density at radius 1 is 1.62 bits per heavy atom. The molecule has 0 saturated heterocycles. The quantitative estimate of drug-likeness (QED) is 0.750. The van der Waals surface area contributed by atoms with Gasteiger partial charge in [0.2, 0.25) is 0 Å². The van der Waals surface area contributed by atoms with Crippen molar-refractivity contribution in [1.29, 1.82) is 0 Å². The lowest BCUT2D eigenvalue weighted by molar-refractivity contribution is -0.139. The van der Waals surface area contributed by atoms with Crippen molar-refractivity contribution >= 4 is 5.97 Å². The van der Waals surface area contributed by atoms with E-state index in [9.17, 15) is 9.18 Å². The van der Waals surface area contributed by atoms with Gasteiger partial charge in [-0.05, 0) is 25.7 Å². The lowest BCUT2D eigenvalue weighted by Crippen LogP contribution is -2.22. The van der Waals surface area contributed by atoms with Crippen molar-refractivity contribution in [3.8, 4) is 0 Å². The van der Waals surface area contributed by atoms with Crippen molar-refractivity contribution in [2.24, 2.45) is 11.7 Å². The first-order valence-corrected chi connectivity index (χ1v) is 5.64. The molecule has 1 unspecified atom stereocenters. The molecule has 0 aromatic heterocycles. The highest BCUT2D eigenvalue weighted by atomic mass is 19.1. The minimum atomic E-state index is -0.608. The smallest absolute Gasteiger partial charge is 0.337 e. The van der Waals surface area contributed by atoms with Crippen LogP contribution in [0.1, 0.15) is 33.1 Å². The fourth-order valence-electron chi connectivity index (χ4n) is 1.89. The lowest BCUT2D eigenvalue weighted by Gasteiger charge is -2.22. The summed E-state index contributed by atoms with van der Waals surface area (Å²) in [5.41, 5.74) is 5.65. The largest absolute Gasteiger partial charge is 0.463 e. The van der Waals surface area contributed by atoms with Gasteiger partial charge in [-0.1, -0.05) is 19.4 Å². The zero-order chi connectivity index (χ0) is 12.1. The first kappa shape index (κ1) is 12.7. The van der Waals surface area contributed by atoms with Gasteiger partial charge in [-0.25, -0.2) is 9.18 Å². The van der Waals surface area contributed by atoms with Gasteiger partial charge in [-0.15, -0.1) is 0 Å². The molecule has 0 aromatic carbocycles. The van der Waals surface area contributed by atoms with Gasteiger partial charge in [0.25, 0.3) is 0 Å². The average Bonchev–Trinajstić information content (AvgIpc) is 2.24. The van der Waals surface area contributed by atoms with E-state index in [4.69, 9.17) is 10.5 Å². The van der Waals surface area contributed by atoms with E-state index in [1.165, 1.54) is 0 Å². The van der Waals surface area contributed by atoms with Crippen molar-refractivity contribution in [1.82, 2.24) is 0 Å². The van der Waals surface area contributed by atoms with Crippen molar-refractivity contribution < 1.29 is 13.9 Å². The summed E-state index contributed by atoms with van der Waals surface area (Å²) >= 11 is 0. The maximum atomic E-state index is 13.8. The molecule has 90 valence electrons. The number of carbonyl (C=O) groups is 1. The number of halogens is 1. The number of hydrogen-bond donors (Lipinski definition) is 1. The summed E-state index contributed by atoms with van der Waals surface area (Å²) in [6.45, 7) is 3.95. The Bertz CT molecular complexity index is 334. The molecule has 0 radical (unpaired) electrons. The molecule has 0 bridgehead atoms. The minimum Gasteiger partial charge on any atom is -0.463 e. The van der Waals surface area contributed by atoms with Crippen LogP contribution in [-0.2, 0) is 9.53 Å². The van der Waals surface area contributed by atoms with Crippen LogP contribution in [-0.4, -0.2) is 12.6 Å². The topological polar surface area (TPSA) is 52.3 Å². The zero-order valence-electron chi connectivity index (χ0n) is 9.75. The predicted molar refractivity (Wildman–Crippen MR) is 60.1 cm³/mol. The highest BCUT2D eigenvalue weighted by Gasteiger charge is 2.29. The van der Waals surface area contributed by atoms with Crippen molar-refractivity contribution in [3.63, 3.8) is 0 Å². The molecule has 1 aliphatic carbocycles. The molecular weight excluding hydrogens is 209 g/mol. The average molecular weight is 227 g/mol. The molecule has 0 amide bonds. The number of allylic oxidation sites excluding steroid dienone is 2. The van der Waals surface area contributed by atoms with E-state index in [1.807, 2.05) is 6.92 Å². The predicted octanol–water partition coefficient (Wildman–Crippen LogP) is 2.44. The van der Waals surface area contributed by atoms with E-state index >= 15 is 0 Å². The highest BCUT2D eigenvalue weighted by Crippen LogP contribution is 2.32. The van der Waals surface area contributed by atoms with E-state index < -0.39 is 11.8 Å². The van der Waals surface area contributed by atoms with Gasteiger partial charge in [-0.3, -0.25) is 0 Å². The normalized spacial score (nSPS) is 20.7. The number of ether oxygens (including phenoxy) is 1. The number of carbonyl (C=O) groups excluding carboxylic acids is 1. The standard InChI is InChI=1S/C12H18FNO2/c1-3-5-8-6-7-9(14)11(13)10(8)12(15)16-4-2/h7-8H,3-6,14H2,1-2H3. The molecule has 0 spiro atoms. The molecule has 3 nitrogen and oxygen atoms in total. The second kappa shape index (κ2) is 5.68. The Kier molecular flexibility index (Phi) is 4.52. The van der Waals surface area contributed by atoms with E-state index in [1.54, 1.807) is 13.0 Å². The monoisotopic (exact) mass is 227 g/mol. The second-order valence-corrected chi connectivity index (χ2v) is 3.83. The summed E-state index contributed by atoms with van der Waals surface area (Å²) in [7, 11) is 0. The van der Waals surface area contributed by atoms with Gasteiger partial charge in [0, 0.05) is 0 Å². The van der Waals surface area contributed by atoms with Gasteiger partial charge in [0.15, 0.2) is 5.83 Å². The molecule has 2 N–H and O–H groups in total. The van der Waals surface area contributed by atoms with E-state index in [0.29, 0.717) is 6.42 Å². The summed E-state index contributed by atoms with van der Waals surface area (Å²) in [4.78, 5) is 11.6. The summed E-state index contributed by atoms with van der Waals surface area (Å²) < 4.78 is 18.6. The molecule has 0 aliphatic heterocycles. The van der Waals surface area contributed by atoms with Crippen LogP contribution in [0.15, 0.2) is 23.2 Å². The maximum absolute atomic E-state index is 13.8. The van der Waals surface area contributed by atoms with Gasteiger partial charge < -0.3 is 10.5 Å². The molecule has 1 atom stereocenters. The second-order valence-electron chi connectivity index (χ2n) is 3.83. The molecule has 0 heterocycles. The van der Waals surface area contributed by atoms with Crippen LogP contribution < -0.4 is 5.73 Å². The van der Waals surface area contributed by atoms with Crippen molar-refractivity contribution in [3.05, 3.63) is 23.2 Å². The number of rotatable bonds is 4. The first-order valence-electron chi connectivity index (χ1n) is 5.64. The fraction of sp³-hybridized carbons (Fsp3) is 0.583.